The molecule has 1 aromatic rings. The lowest BCUT2D eigenvalue weighted by Gasteiger charge is -2.23. The van der Waals surface area contributed by atoms with Crippen molar-refractivity contribution >= 4 is 11.9 Å². The predicted octanol–water partition coefficient (Wildman–Crippen LogP) is 5.27. The second-order valence-electron chi connectivity index (χ2n) is 8.34. The molecule has 0 aromatic heterocycles. The van der Waals surface area contributed by atoms with Crippen molar-refractivity contribution < 1.29 is 18.3 Å². The van der Waals surface area contributed by atoms with Gasteiger partial charge in [0, 0.05) is 25.6 Å². The predicted molar refractivity (Wildman–Crippen MR) is 115 cm³/mol. The number of carbonyl (C=O) groups is 1. The Morgan fingerprint density at radius 1 is 1.27 bits per heavy atom. The minimum absolute atomic E-state index is 0.141. The van der Waals surface area contributed by atoms with Crippen LogP contribution in [0.2, 0.25) is 0 Å². The molecular formula is C25H29F2NO2. The number of benzene rings is 1. The van der Waals surface area contributed by atoms with Gasteiger partial charge in [-0.25, -0.2) is 4.39 Å². The summed E-state index contributed by atoms with van der Waals surface area (Å²) in [7, 11) is 0. The molecule has 2 atom stereocenters. The Balaban J connectivity index is 1.42. The van der Waals surface area contributed by atoms with Crippen molar-refractivity contribution in [1.29, 1.82) is 0 Å². The fraction of sp³-hybridized carbons (Fsp3) is 0.480. The van der Waals surface area contributed by atoms with Crippen LogP contribution < -0.4 is 0 Å². The monoisotopic (exact) mass is 413 g/mol. The quantitative estimate of drug-likeness (QED) is 0.571. The van der Waals surface area contributed by atoms with Crippen molar-refractivity contribution in [3.63, 3.8) is 0 Å². The summed E-state index contributed by atoms with van der Waals surface area (Å²) in [5.74, 6) is 0.703. The topological polar surface area (TPSA) is 29.5 Å². The molecule has 5 heteroatoms. The first-order valence-corrected chi connectivity index (χ1v) is 11.0. The lowest BCUT2D eigenvalue weighted by molar-refractivity contribution is 0.111. The van der Waals surface area contributed by atoms with Crippen LogP contribution in [0.4, 0.5) is 8.78 Å². The lowest BCUT2D eigenvalue weighted by atomic mass is 9.84. The molecule has 0 radical (unpaired) electrons. The molecule has 1 aromatic carbocycles. The van der Waals surface area contributed by atoms with E-state index < -0.39 is 0 Å². The summed E-state index contributed by atoms with van der Waals surface area (Å²) < 4.78 is 33.3. The summed E-state index contributed by atoms with van der Waals surface area (Å²) in [6.07, 6.45) is 14.1. The van der Waals surface area contributed by atoms with Crippen molar-refractivity contribution in [2.24, 2.45) is 5.92 Å². The highest BCUT2D eigenvalue weighted by molar-refractivity contribution is 5.80. The summed E-state index contributed by atoms with van der Waals surface area (Å²) in [4.78, 5) is 13.4. The maximum Gasteiger partial charge on any atom is 0.153 e. The summed E-state index contributed by atoms with van der Waals surface area (Å²) >= 11 is 0. The second kappa shape index (κ2) is 9.69. The van der Waals surface area contributed by atoms with E-state index in [4.69, 9.17) is 4.74 Å². The van der Waals surface area contributed by atoms with Crippen molar-refractivity contribution in [1.82, 2.24) is 4.90 Å². The number of rotatable bonds is 7. The Morgan fingerprint density at radius 3 is 2.93 bits per heavy atom. The third kappa shape index (κ3) is 4.56. The molecule has 1 fully saturated rings. The summed E-state index contributed by atoms with van der Waals surface area (Å²) in [5.41, 5.74) is 2.88. The summed E-state index contributed by atoms with van der Waals surface area (Å²) in [5, 5.41) is 0. The molecule has 4 rings (SSSR count). The number of aldehydes is 1. The number of hydrogen-bond donors (Lipinski definition) is 0. The Kier molecular flexibility index (Phi) is 6.78. The fourth-order valence-electron chi connectivity index (χ4n) is 4.73. The van der Waals surface area contributed by atoms with Gasteiger partial charge in [-0.2, -0.15) is 0 Å². The molecule has 2 aliphatic carbocycles. The molecule has 1 heterocycles. The average molecular weight is 414 g/mol. The van der Waals surface area contributed by atoms with E-state index in [0.717, 1.165) is 62.2 Å². The number of nitrogens with zero attached hydrogens (tertiary/aromatic N) is 1. The van der Waals surface area contributed by atoms with E-state index in [1.54, 1.807) is 6.07 Å². The van der Waals surface area contributed by atoms with Gasteiger partial charge in [-0.15, -0.1) is 0 Å². The van der Waals surface area contributed by atoms with Crippen molar-refractivity contribution in [2.45, 2.75) is 44.6 Å². The van der Waals surface area contributed by atoms with Crippen molar-refractivity contribution in [3.05, 3.63) is 64.7 Å². The van der Waals surface area contributed by atoms with Crippen molar-refractivity contribution in [2.75, 3.05) is 26.3 Å². The van der Waals surface area contributed by atoms with E-state index in [1.807, 2.05) is 12.1 Å². The van der Waals surface area contributed by atoms with Gasteiger partial charge in [-0.05, 0) is 73.4 Å². The van der Waals surface area contributed by atoms with Gasteiger partial charge < -0.3 is 4.74 Å². The van der Waals surface area contributed by atoms with Crippen LogP contribution in [0.15, 0.2) is 42.2 Å². The number of ether oxygens (including phenoxy) is 1. The van der Waals surface area contributed by atoms with Crippen LogP contribution in [0.1, 0.15) is 53.6 Å². The molecule has 2 unspecified atom stereocenters. The van der Waals surface area contributed by atoms with Gasteiger partial charge in [0.1, 0.15) is 17.7 Å². The van der Waals surface area contributed by atoms with E-state index >= 15 is 0 Å². The van der Waals surface area contributed by atoms with Crippen LogP contribution in [-0.2, 0) is 11.2 Å². The van der Waals surface area contributed by atoms with Crippen LogP contribution >= 0.6 is 0 Å². The van der Waals surface area contributed by atoms with Crippen LogP contribution in [0, 0.1) is 11.7 Å². The normalized spacial score (nSPS) is 24.1. The molecule has 1 aliphatic heterocycles. The Labute approximate surface area is 177 Å². The van der Waals surface area contributed by atoms with Crippen LogP contribution in [0.25, 0.3) is 5.57 Å². The van der Waals surface area contributed by atoms with Gasteiger partial charge in [0.25, 0.3) is 0 Å². The highest BCUT2D eigenvalue weighted by Gasteiger charge is 2.26. The molecule has 160 valence electrons. The molecule has 30 heavy (non-hydrogen) atoms. The van der Waals surface area contributed by atoms with E-state index in [0.29, 0.717) is 24.7 Å². The third-order valence-electron chi connectivity index (χ3n) is 6.31. The molecular weight excluding hydrogens is 384 g/mol. The van der Waals surface area contributed by atoms with Gasteiger partial charge in [0.2, 0.25) is 0 Å². The zero-order chi connectivity index (χ0) is 20.9. The first-order valence-electron chi connectivity index (χ1n) is 11.0. The third-order valence-corrected chi connectivity index (χ3v) is 6.31. The fourth-order valence-corrected chi connectivity index (χ4v) is 4.73. The first-order chi connectivity index (χ1) is 14.7. The van der Waals surface area contributed by atoms with Gasteiger partial charge in [0.15, 0.2) is 6.29 Å². The molecule has 3 aliphatic rings. The second-order valence-corrected chi connectivity index (χ2v) is 8.34. The van der Waals surface area contributed by atoms with E-state index in [1.165, 1.54) is 0 Å². The molecule has 0 bridgehead atoms. The summed E-state index contributed by atoms with van der Waals surface area (Å²) in [6, 6.07) is 3.49. The molecule has 0 spiro atoms. The maximum absolute atomic E-state index is 14.7. The number of alkyl halides is 1. The number of fused-ring (bicyclic) bond motifs is 1. The van der Waals surface area contributed by atoms with Crippen LogP contribution in [0.3, 0.4) is 0 Å². The van der Waals surface area contributed by atoms with Crippen LogP contribution in [-0.4, -0.2) is 43.6 Å². The van der Waals surface area contributed by atoms with E-state index in [9.17, 15) is 13.6 Å². The Hall–Kier alpha value is -2.27. The lowest BCUT2D eigenvalue weighted by Crippen LogP contribution is -2.24. The molecule has 3 nitrogen and oxygen atoms in total. The Morgan fingerprint density at radius 2 is 2.17 bits per heavy atom. The zero-order valence-electron chi connectivity index (χ0n) is 17.3. The average Bonchev–Trinajstić information content (AvgIpc) is 3.09. The number of halogens is 2. The number of allylic oxidation sites excluding steroid dienone is 5. The maximum atomic E-state index is 14.7. The minimum atomic E-state index is -0.367. The van der Waals surface area contributed by atoms with Gasteiger partial charge in [-0.3, -0.25) is 14.1 Å². The zero-order valence-corrected chi connectivity index (χ0v) is 17.3. The Bertz CT molecular complexity index is 874. The van der Waals surface area contributed by atoms with Gasteiger partial charge in [-0.1, -0.05) is 18.2 Å². The molecule has 0 amide bonds. The van der Waals surface area contributed by atoms with Gasteiger partial charge in [0.05, 0.1) is 12.2 Å². The number of likely N-dealkylation sites (tertiary alicyclic amines) is 1. The van der Waals surface area contributed by atoms with E-state index in [2.05, 4.69) is 23.1 Å². The highest BCUT2D eigenvalue weighted by Crippen LogP contribution is 2.37. The molecule has 0 saturated carbocycles. The van der Waals surface area contributed by atoms with Crippen LogP contribution in [0.5, 0.6) is 0 Å². The highest BCUT2D eigenvalue weighted by atomic mass is 19.1. The number of hydrogen-bond acceptors (Lipinski definition) is 3. The first kappa shape index (κ1) is 21.0. The van der Waals surface area contributed by atoms with Gasteiger partial charge >= 0.3 is 0 Å². The molecule has 1 saturated heterocycles. The molecule has 0 N–H and O–H groups in total. The number of carbonyl (C=O) groups excluding carboxylic acids is 1. The van der Waals surface area contributed by atoms with E-state index in [-0.39, 0.29) is 30.1 Å². The summed E-state index contributed by atoms with van der Waals surface area (Å²) in [6.45, 7) is 2.34. The SMILES string of the molecule is O=Cc1ccc2c(c1F)CCCC=C2C1C=CC(OC2CCN(CCCF)C2)=CC1. The smallest absolute Gasteiger partial charge is 0.153 e. The standard InChI is InChI=1S/C25H29F2NO2/c26-13-3-14-28-15-12-21(16-28)30-20-9-6-18(7-10-20)22-4-1-2-5-24-23(22)11-8-19(17-29)25(24)27/h4,6,8-11,17-18,21H,1-3,5,7,12-16H2. The van der Waals surface area contributed by atoms with Crippen molar-refractivity contribution in [3.8, 4) is 0 Å². The minimum Gasteiger partial charge on any atom is -0.489 e. The largest absolute Gasteiger partial charge is 0.489 e.